The average Bonchev–Trinajstić information content (AvgIpc) is 2.90. The molecular formula is C16H15N5O4. The van der Waals surface area contributed by atoms with Crippen LogP contribution in [0, 0.1) is 6.92 Å². The zero-order chi connectivity index (χ0) is 18.0. The summed E-state index contributed by atoms with van der Waals surface area (Å²) in [5, 5.41) is 13.4. The largest absolute Gasteiger partial charge is 0.486 e. The maximum Gasteiger partial charge on any atom is 0.325 e. The monoisotopic (exact) mass is 341 g/mol. The minimum atomic E-state index is -1.07. The highest BCUT2D eigenvalue weighted by molar-refractivity contribution is 6.04. The summed E-state index contributed by atoms with van der Waals surface area (Å²) in [4.78, 5) is 30.9. The number of benzene rings is 1. The third-order valence-corrected chi connectivity index (χ3v) is 3.45. The molecule has 3 aromatic rings. The van der Waals surface area contributed by atoms with E-state index in [1.165, 1.54) is 4.68 Å². The van der Waals surface area contributed by atoms with Crippen LogP contribution >= 0.6 is 0 Å². The van der Waals surface area contributed by atoms with Gasteiger partial charge in [-0.25, -0.2) is 9.97 Å². The van der Waals surface area contributed by atoms with Crippen LogP contribution in [0.25, 0.3) is 10.9 Å². The van der Waals surface area contributed by atoms with Crippen molar-refractivity contribution < 1.29 is 19.4 Å². The van der Waals surface area contributed by atoms with E-state index in [1.54, 1.807) is 30.5 Å². The third-order valence-electron chi connectivity index (χ3n) is 3.45. The summed E-state index contributed by atoms with van der Waals surface area (Å²) in [7, 11) is 0. The number of aromatic nitrogens is 4. The minimum absolute atomic E-state index is 0.00601. The van der Waals surface area contributed by atoms with Crippen molar-refractivity contribution in [3.05, 3.63) is 47.7 Å². The number of nitrogens with zero attached hydrogens (tertiary/aromatic N) is 4. The van der Waals surface area contributed by atoms with Crippen LogP contribution in [0.3, 0.4) is 0 Å². The van der Waals surface area contributed by atoms with Gasteiger partial charge in [-0.05, 0) is 31.2 Å². The van der Waals surface area contributed by atoms with Crippen LogP contribution in [0.1, 0.15) is 22.0 Å². The molecule has 0 aliphatic carbocycles. The summed E-state index contributed by atoms with van der Waals surface area (Å²) in [5.41, 5.74) is 6.64. The number of carboxylic acid groups (broad SMARTS) is 1. The minimum Gasteiger partial charge on any atom is -0.486 e. The van der Waals surface area contributed by atoms with E-state index in [2.05, 4.69) is 15.1 Å². The molecule has 0 radical (unpaired) electrons. The molecule has 128 valence electrons. The fourth-order valence-electron chi connectivity index (χ4n) is 2.40. The number of aryl methyl sites for hydroxylation is 1. The topological polar surface area (TPSA) is 133 Å². The molecule has 0 fully saturated rings. The molecule has 0 bridgehead atoms. The van der Waals surface area contributed by atoms with E-state index < -0.39 is 11.9 Å². The first kappa shape index (κ1) is 16.4. The molecule has 3 rings (SSSR count). The lowest BCUT2D eigenvalue weighted by Gasteiger charge is -2.06. The lowest BCUT2D eigenvalue weighted by Crippen LogP contribution is -2.14. The van der Waals surface area contributed by atoms with E-state index in [0.29, 0.717) is 22.5 Å². The Morgan fingerprint density at radius 2 is 2.12 bits per heavy atom. The zero-order valence-corrected chi connectivity index (χ0v) is 13.3. The fraction of sp³-hybridized carbons (Fsp3) is 0.188. The van der Waals surface area contributed by atoms with Crippen molar-refractivity contribution >= 4 is 22.8 Å². The van der Waals surface area contributed by atoms with E-state index in [9.17, 15) is 9.59 Å². The molecular weight excluding hydrogens is 326 g/mol. The molecule has 25 heavy (non-hydrogen) atoms. The van der Waals surface area contributed by atoms with Crippen molar-refractivity contribution in [1.29, 1.82) is 0 Å². The Morgan fingerprint density at radius 3 is 2.80 bits per heavy atom. The Bertz CT molecular complexity index is 966. The molecule has 3 N–H and O–H groups in total. The highest BCUT2D eigenvalue weighted by atomic mass is 16.5. The van der Waals surface area contributed by atoms with Gasteiger partial charge < -0.3 is 15.6 Å². The molecule has 9 heteroatoms. The fourth-order valence-corrected chi connectivity index (χ4v) is 2.40. The van der Waals surface area contributed by atoms with Gasteiger partial charge in [-0.2, -0.15) is 5.10 Å². The molecule has 2 heterocycles. The number of rotatable bonds is 6. The number of aliphatic carboxylic acids is 1. The number of carboxylic acids is 1. The lowest BCUT2D eigenvalue weighted by molar-refractivity contribution is -0.137. The van der Waals surface area contributed by atoms with Crippen molar-refractivity contribution in [2.24, 2.45) is 5.73 Å². The molecule has 1 aromatic carbocycles. The summed E-state index contributed by atoms with van der Waals surface area (Å²) >= 11 is 0. The van der Waals surface area contributed by atoms with Crippen LogP contribution in [0.2, 0.25) is 0 Å². The molecule has 2 aromatic heterocycles. The molecule has 1 amide bonds. The van der Waals surface area contributed by atoms with Gasteiger partial charge in [-0.15, -0.1) is 0 Å². The molecule has 0 atom stereocenters. The van der Waals surface area contributed by atoms with Crippen LogP contribution in [0.4, 0.5) is 0 Å². The molecule has 0 saturated carbocycles. The van der Waals surface area contributed by atoms with Crippen LogP contribution in [0.15, 0.2) is 30.5 Å². The lowest BCUT2D eigenvalue weighted by atomic mass is 10.2. The highest BCUT2D eigenvalue weighted by Gasteiger charge is 2.17. The van der Waals surface area contributed by atoms with Gasteiger partial charge in [0.2, 0.25) is 0 Å². The standard InChI is InChI=1S/C16H15N5O4/c1-9-4-5-18-13(19-9)8-25-10-2-3-12-11(6-10)15(16(17)24)20-21(12)7-14(22)23/h2-6H,7-8H2,1H3,(H2,17,24)(H,22,23). The number of carbonyl (C=O) groups is 2. The number of carbonyl (C=O) groups excluding carboxylic acids is 1. The van der Waals surface area contributed by atoms with Crippen LogP contribution in [0.5, 0.6) is 5.75 Å². The van der Waals surface area contributed by atoms with Gasteiger partial charge in [0.1, 0.15) is 18.9 Å². The van der Waals surface area contributed by atoms with Gasteiger partial charge in [-0.1, -0.05) is 0 Å². The Morgan fingerprint density at radius 1 is 1.32 bits per heavy atom. The molecule has 0 unspecified atom stereocenters. The predicted molar refractivity (Wildman–Crippen MR) is 87.0 cm³/mol. The Kier molecular flexibility index (Phi) is 4.29. The SMILES string of the molecule is Cc1ccnc(COc2ccc3c(c2)c(C(N)=O)nn3CC(=O)O)n1. The smallest absolute Gasteiger partial charge is 0.325 e. The quantitative estimate of drug-likeness (QED) is 0.680. The maximum atomic E-state index is 11.6. The third kappa shape index (κ3) is 3.55. The molecule has 0 aliphatic heterocycles. The summed E-state index contributed by atoms with van der Waals surface area (Å²) < 4.78 is 6.86. The van der Waals surface area contributed by atoms with Crippen LogP contribution < -0.4 is 10.5 Å². The van der Waals surface area contributed by atoms with Crippen molar-refractivity contribution in [3.63, 3.8) is 0 Å². The van der Waals surface area contributed by atoms with E-state index in [1.807, 2.05) is 6.92 Å². The van der Waals surface area contributed by atoms with E-state index >= 15 is 0 Å². The Hall–Kier alpha value is -3.49. The second kappa shape index (κ2) is 6.56. The number of fused-ring (bicyclic) bond motifs is 1. The molecule has 0 saturated heterocycles. The predicted octanol–water partition coefficient (Wildman–Crippen LogP) is 0.897. The van der Waals surface area contributed by atoms with Crippen molar-refractivity contribution in [1.82, 2.24) is 19.7 Å². The first-order valence-corrected chi connectivity index (χ1v) is 7.37. The van der Waals surface area contributed by atoms with E-state index in [-0.39, 0.29) is 18.8 Å². The number of hydrogen-bond donors (Lipinski definition) is 2. The highest BCUT2D eigenvalue weighted by Crippen LogP contribution is 2.24. The first-order chi connectivity index (χ1) is 11.9. The number of ether oxygens (including phenoxy) is 1. The summed E-state index contributed by atoms with van der Waals surface area (Å²) in [5.74, 6) is -0.822. The molecule has 0 spiro atoms. The Labute approximate surface area is 142 Å². The summed E-state index contributed by atoms with van der Waals surface area (Å²) in [6, 6.07) is 6.66. The van der Waals surface area contributed by atoms with Crippen LogP contribution in [-0.4, -0.2) is 36.7 Å². The van der Waals surface area contributed by atoms with Gasteiger partial charge in [0, 0.05) is 17.3 Å². The van der Waals surface area contributed by atoms with Crippen LogP contribution in [-0.2, 0) is 17.9 Å². The van der Waals surface area contributed by atoms with Gasteiger partial charge >= 0.3 is 5.97 Å². The Balaban J connectivity index is 1.91. The second-order valence-corrected chi connectivity index (χ2v) is 5.35. The van der Waals surface area contributed by atoms with Crippen molar-refractivity contribution in [2.45, 2.75) is 20.1 Å². The average molecular weight is 341 g/mol. The van der Waals surface area contributed by atoms with E-state index in [4.69, 9.17) is 15.6 Å². The maximum absolute atomic E-state index is 11.6. The number of primary amides is 1. The van der Waals surface area contributed by atoms with Crippen molar-refractivity contribution in [3.8, 4) is 5.75 Å². The summed E-state index contributed by atoms with van der Waals surface area (Å²) in [6.45, 7) is 1.64. The number of nitrogens with two attached hydrogens (primary N) is 1. The van der Waals surface area contributed by atoms with Gasteiger partial charge in [0.25, 0.3) is 5.91 Å². The molecule has 9 nitrogen and oxygen atoms in total. The van der Waals surface area contributed by atoms with Gasteiger partial charge in [0.15, 0.2) is 11.5 Å². The molecule has 0 aliphatic rings. The normalized spacial score (nSPS) is 10.8. The second-order valence-electron chi connectivity index (χ2n) is 5.35. The number of amides is 1. The number of hydrogen-bond acceptors (Lipinski definition) is 6. The zero-order valence-electron chi connectivity index (χ0n) is 13.3. The van der Waals surface area contributed by atoms with Crippen molar-refractivity contribution in [2.75, 3.05) is 0 Å². The van der Waals surface area contributed by atoms with E-state index in [0.717, 1.165) is 5.69 Å². The van der Waals surface area contributed by atoms with Gasteiger partial charge in [0.05, 0.1) is 5.52 Å². The first-order valence-electron chi connectivity index (χ1n) is 7.37. The summed E-state index contributed by atoms with van der Waals surface area (Å²) in [6.07, 6.45) is 1.64. The van der Waals surface area contributed by atoms with Gasteiger partial charge in [-0.3, -0.25) is 14.3 Å².